The number of hydrogen-bond donors (Lipinski definition) is 1. The van der Waals surface area contributed by atoms with E-state index in [0.717, 1.165) is 21.8 Å². The molecular weight excluding hydrogens is 416 g/mol. The van der Waals surface area contributed by atoms with Gasteiger partial charge in [-0.2, -0.15) is 0 Å². The highest BCUT2D eigenvalue weighted by Crippen LogP contribution is 2.23. The van der Waals surface area contributed by atoms with Gasteiger partial charge in [0.1, 0.15) is 0 Å². The minimum absolute atomic E-state index is 0.0618. The second kappa shape index (κ2) is 10.1. The van der Waals surface area contributed by atoms with Crippen molar-refractivity contribution in [1.82, 2.24) is 9.71 Å². The quantitative estimate of drug-likeness (QED) is 0.485. The second-order valence-electron chi connectivity index (χ2n) is 6.13. The lowest BCUT2D eigenvalue weighted by molar-refractivity contribution is 0.135. The largest absolute Gasteiger partial charge is 0.376 e. The third-order valence-corrected chi connectivity index (χ3v) is 6.47. The Labute approximate surface area is 174 Å². The van der Waals surface area contributed by atoms with Gasteiger partial charge in [-0.05, 0) is 17.7 Å². The second-order valence-corrected chi connectivity index (χ2v) is 9.44. The topological polar surface area (TPSA) is 68.3 Å². The summed E-state index contributed by atoms with van der Waals surface area (Å²) in [7, 11) is -3.37. The van der Waals surface area contributed by atoms with E-state index in [1.165, 1.54) is 11.3 Å². The lowest BCUT2D eigenvalue weighted by atomic mass is 10.2. The van der Waals surface area contributed by atoms with Gasteiger partial charge in [0.25, 0.3) is 0 Å². The van der Waals surface area contributed by atoms with Gasteiger partial charge in [-0.15, -0.1) is 11.3 Å². The van der Waals surface area contributed by atoms with Gasteiger partial charge >= 0.3 is 0 Å². The van der Waals surface area contributed by atoms with Crippen LogP contribution in [-0.2, 0) is 27.8 Å². The number of nitrogens with zero attached hydrogens (tertiary/aromatic N) is 1. The van der Waals surface area contributed by atoms with E-state index in [1.54, 1.807) is 0 Å². The molecule has 0 aliphatic carbocycles. The molecule has 28 heavy (non-hydrogen) atoms. The zero-order valence-corrected chi connectivity index (χ0v) is 17.6. The molecule has 0 amide bonds. The third-order valence-electron chi connectivity index (χ3n) is 3.96. The van der Waals surface area contributed by atoms with Gasteiger partial charge in [0, 0.05) is 28.9 Å². The number of thiazole rings is 1. The molecule has 0 unspecified atom stereocenters. The average molecular weight is 437 g/mol. The van der Waals surface area contributed by atoms with Crippen LogP contribution in [0.5, 0.6) is 0 Å². The number of benzene rings is 2. The number of hydrogen-bond acceptors (Lipinski definition) is 5. The molecule has 1 aromatic heterocycles. The lowest BCUT2D eigenvalue weighted by Crippen LogP contribution is -2.30. The zero-order valence-electron chi connectivity index (χ0n) is 15.2. The van der Waals surface area contributed by atoms with Crippen molar-refractivity contribution in [3.05, 3.63) is 75.6 Å². The first-order valence-corrected chi connectivity index (χ1v) is 11.7. The number of nitrogens with one attached hydrogen (secondary N) is 1. The van der Waals surface area contributed by atoms with Gasteiger partial charge in [0.2, 0.25) is 10.0 Å². The summed E-state index contributed by atoms with van der Waals surface area (Å²) in [6.45, 7) is 0.875. The van der Waals surface area contributed by atoms with Crippen LogP contribution in [0.3, 0.4) is 0 Å². The van der Waals surface area contributed by atoms with E-state index >= 15 is 0 Å². The Morgan fingerprint density at radius 1 is 1.07 bits per heavy atom. The molecule has 8 heteroatoms. The molecule has 0 spiro atoms. The molecule has 0 radical (unpaired) electrons. The SMILES string of the molecule is O=S(=O)(CCOCc1ccccc1)NCCc1nc(-c2ccc(Cl)cc2)cs1. The van der Waals surface area contributed by atoms with Crippen LogP contribution < -0.4 is 4.72 Å². The van der Waals surface area contributed by atoms with Crippen LogP contribution in [-0.4, -0.2) is 32.3 Å². The van der Waals surface area contributed by atoms with E-state index in [2.05, 4.69) is 9.71 Å². The van der Waals surface area contributed by atoms with E-state index in [4.69, 9.17) is 16.3 Å². The van der Waals surface area contributed by atoms with E-state index in [1.807, 2.05) is 60.0 Å². The summed E-state index contributed by atoms with van der Waals surface area (Å²) in [5, 5.41) is 3.53. The minimum atomic E-state index is -3.37. The molecule has 3 aromatic rings. The first kappa shape index (κ1) is 21.0. The van der Waals surface area contributed by atoms with Crippen molar-refractivity contribution in [1.29, 1.82) is 0 Å². The Bertz CT molecular complexity index is 974. The maximum absolute atomic E-state index is 12.1. The third kappa shape index (κ3) is 6.68. The summed E-state index contributed by atoms with van der Waals surface area (Å²) in [6, 6.07) is 17.1. The Morgan fingerprint density at radius 2 is 1.82 bits per heavy atom. The van der Waals surface area contributed by atoms with E-state index < -0.39 is 10.0 Å². The zero-order chi connectivity index (χ0) is 19.8. The minimum Gasteiger partial charge on any atom is -0.376 e. The number of aromatic nitrogens is 1. The molecule has 0 fully saturated rings. The van der Waals surface area contributed by atoms with Crippen molar-refractivity contribution in [3.8, 4) is 11.3 Å². The molecule has 0 saturated heterocycles. The first-order chi connectivity index (χ1) is 13.5. The lowest BCUT2D eigenvalue weighted by Gasteiger charge is -2.07. The predicted octanol–water partition coefficient (Wildman–Crippen LogP) is 4.14. The summed E-state index contributed by atoms with van der Waals surface area (Å²) < 4.78 is 32.2. The highest BCUT2D eigenvalue weighted by Gasteiger charge is 2.11. The average Bonchev–Trinajstić information content (AvgIpc) is 3.15. The maximum Gasteiger partial charge on any atom is 0.213 e. The molecule has 0 atom stereocenters. The van der Waals surface area contributed by atoms with E-state index in [-0.39, 0.29) is 12.4 Å². The normalized spacial score (nSPS) is 11.6. The number of sulfonamides is 1. The Morgan fingerprint density at radius 3 is 2.57 bits per heavy atom. The summed E-state index contributed by atoms with van der Waals surface area (Å²) in [4.78, 5) is 4.55. The monoisotopic (exact) mass is 436 g/mol. The fourth-order valence-electron chi connectivity index (χ4n) is 2.50. The Balaban J connectivity index is 1.39. The molecule has 0 aliphatic rings. The maximum atomic E-state index is 12.1. The molecule has 0 saturated carbocycles. The molecule has 5 nitrogen and oxygen atoms in total. The highest BCUT2D eigenvalue weighted by atomic mass is 35.5. The van der Waals surface area contributed by atoms with Crippen LogP contribution in [0.1, 0.15) is 10.6 Å². The molecule has 3 rings (SSSR count). The fraction of sp³-hybridized carbons (Fsp3) is 0.250. The summed E-state index contributed by atoms with van der Waals surface area (Å²) in [5.41, 5.74) is 2.88. The van der Waals surface area contributed by atoms with Crippen LogP contribution in [0.2, 0.25) is 5.02 Å². The van der Waals surface area contributed by atoms with Gasteiger partial charge in [0.05, 0.1) is 29.7 Å². The Kier molecular flexibility index (Phi) is 7.58. The van der Waals surface area contributed by atoms with Crippen LogP contribution in [0, 0.1) is 0 Å². The molecule has 2 aromatic carbocycles. The van der Waals surface area contributed by atoms with Crippen LogP contribution >= 0.6 is 22.9 Å². The summed E-state index contributed by atoms with van der Waals surface area (Å²) in [6.07, 6.45) is 0.544. The molecule has 0 aliphatic heterocycles. The predicted molar refractivity (Wildman–Crippen MR) is 114 cm³/mol. The molecule has 1 N–H and O–H groups in total. The highest BCUT2D eigenvalue weighted by molar-refractivity contribution is 7.89. The number of ether oxygens (including phenoxy) is 1. The van der Waals surface area contributed by atoms with Gasteiger partial charge < -0.3 is 4.74 Å². The van der Waals surface area contributed by atoms with Gasteiger partial charge in [-0.25, -0.2) is 18.1 Å². The van der Waals surface area contributed by atoms with Gasteiger partial charge in [0.15, 0.2) is 0 Å². The van der Waals surface area contributed by atoms with Crippen molar-refractivity contribution >= 4 is 33.0 Å². The number of halogens is 1. The molecule has 1 heterocycles. The van der Waals surface area contributed by atoms with Crippen molar-refractivity contribution in [2.75, 3.05) is 18.9 Å². The standard InChI is InChI=1S/C20H21ClN2O3S2/c21-18-8-6-17(7-9-18)19-15-27-20(23-19)10-11-22-28(24,25)13-12-26-14-16-4-2-1-3-5-16/h1-9,15,22H,10-14H2. The molecule has 0 bridgehead atoms. The summed E-state index contributed by atoms with van der Waals surface area (Å²) in [5.74, 6) is -0.0618. The van der Waals surface area contributed by atoms with Crippen molar-refractivity contribution in [2.24, 2.45) is 0 Å². The van der Waals surface area contributed by atoms with Crippen molar-refractivity contribution < 1.29 is 13.2 Å². The van der Waals surface area contributed by atoms with Crippen LogP contribution in [0.25, 0.3) is 11.3 Å². The summed E-state index contributed by atoms with van der Waals surface area (Å²) >= 11 is 7.41. The number of rotatable bonds is 10. The smallest absolute Gasteiger partial charge is 0.213 e. The van der Waals surface area contributed by atoms with Crippen LogP contribution in [0.4, 0.5) is 0 Å². The van der Waals surface area contributed by atoms with Gasteiger partial charge in [-0.1, -0.05) is 54.1 Å². The molecule has 148 valence electrons. The Hall–Kier alpha value is -1.77. The van der Waals surface area contributed by atoms with Crippen LogP contribution in [0.15, 0.2) is 60.0 Å². The van der Waals surface area contributed by atoms with Gasteiger partial charge in [-0.3, -0.25) is 0 Å². The van der Waals surface area contributed by atoms with E-state index in [0.29, 0.717) is 24.6 Å². The van der Waals surface area contributed by atoms with Crippen molar-refractivity contribution in [2.45, 2.75) is 13.0 Å². The van der Waals surface area contributed by atoms with Crippen molar-refractivity contribution in [3.63, 3.8) is 0 Å². The fourth-order valence-corrected chi connectivity index (χ4v) is 4.33. The van der Waals surface area contributed by atoms with E-state index in [9.17, 15) is 8.42 Å². The first-order valence-electron chi connectivity index (χ1n) is 8.81. The molecular formula is C20H21ClN2O3S2.